The minimum Gasteiger partial charge on any atom is -0.406 e. The van der Waals surface area contributed by atoms with E-state index in [4.69, 9.17) is 0 Å². The maximum atomic E-state index is 12.5. The molecule has 1 fully saturated rings. The second-order valence-corrected chi connectivity index (χ2v) is 6.56. The van der Waals surface area contributed by atoms with E-state index in [1.807, 2.05) is 0 Å². The lowest BCUT2D eigenvalue weighted by Crippen LogP contribution is -2.50. The molecule has 0 unspecified atom stereocenters. The first kappa shape index (κ1) is 18.1. The molecule has 1 aromatic rings. The largest absolute Gasteiger partial charge is 0.573 e. The lowest BCUT2D eigenvalue weighted by Gasteiger charge is -2.37. The van der Waals surface area contributed by atoms with Gasteiger partial charge in [-0.15, -0.1) is 13.2 Å². The Morgan fingerprint density at radius 3 is 2.30 bits per heavy atom. The van der Waals surface area contributed by atoms with Crippen molar-refractivity contribution < 1.29 is 22.7 Å². The lowest BCUT2D eigenvalue weighted by molar-refractivity contribution is -0.274. The number of carbonyl (C=O) groups is 1. The quantitative estimate of drug-likeness (QED) is 0.786. The smallest absolute Gasteiger partial charge is 0.406 e. The molecule has 128 valence electrons. The molecule has 1 aliphatic rings. The van der Waals surface area contributed by atoms with Crippen molar-refractivity contribution in [1.29, 1.82) is 0 Å². The van der Waals surface area contributed by atoms with Crippen LogP contribution < -0.4 is 4.74 Å². The van der Waals surface area contributed by atoms with Crippen LogP contribution in [-0.4, -0.2) is 54.3 Å². The topological polar surface area (TPSA) is 32.8 Å². The predicted octanol–water partition coefficient (Wildman–Crippen LogP) is 3.51. The van der Waals surface area contributed by atoms with Crippen molar-refractivity contribution in [1.82, 2.24) is 9.80 Å². The molecular weight excluding hydrogens is 377 g/mol. The molecule has 1 saturated heterocycles. The minimum atomic E-state index is -4.79. The monoisotopic (exact) mass is 394 g/mol. The third-order valence-electron chi connectivity index (χ3n) is 3.68. The summed E-state index contributed by atoms with van der Waals surface area (Å²) in [5, 5.41) is 0. The number of carbonyl (C=O) groups excluding carboxylic acids is 1. The van der Waals surface area contributed by atoms with Crippen LogP contribution in [-0.2, 0) is 0 Å². The summed E-state index contributed by atoms with van der Waals surface area (Å²) in [5.41, 5.74) is 0.177. The zero-order valence-electron chi connectivity index (χ0n) is 12.9. The van der Waals surface area contributed by atoms with Gasteiger partial charge in [-0.25, -0.2) is 0 Å². The molecule has 0 radical (unpaired) electrons. The van der Waals surface area contributed by atoms with Crippen molar-refractivity contribution in [3.05, 3.63) is 28.2 Å². The number of piperazine rings is 1. The summed E-state index contributed by atoms with van der Waals surface area (Å²) >= 11 is 3.12. The number of alkyl halides is 3. The molecule has 0 saturated carbocycles. The number of nitrogens with zero attached hydrogens (tertiary/aromatic N) is 2. The number of hydrogen-bond acceptors (Lipinski definition) is 3. The van der Waals surface area contributed by atoms with Crippen molar-refractivity contribution in [3.63, 3.8) is 0 Å². The van der Waals surface area contributed by atoms with Crippen LogP contribution >= 0.6 is 15.9 Å². The molecule has 2 rings (SSSR count). The molecule has 1 heterocycles. The van der Waals surface area contributed by atoms with E-state index in [1.165, 1.54) is 12.1 Å². The maximum absolute atomic E-state index is 12.5. The summed E-state index contributed by atoms with van der Waals surface area (Å²) in [5.74, 6) is -0.697. The second kappa shape index (κ2) is 7.09. The molecule has 1 amide bonds. The van der Waals surface area contributed by atoms with Crippen LogP contribution in [0.25, 0.3) is 0 Å². The highest BCUT2D eigenvalue weighted by molar-refractivity contribution is 9.10. The molecule has 23 heavy (non-hydrogen) atoms. The molecule has 0 aromatic heterocycles. The van der Waals surface area contributed by atoms with Gasteiger partial charge in [0.1, 0.15) is 5.75 Å². The number of ether oxygens (including phenoxy) is 1. The number of benzene rings is 1. The van der Waals surface area contributed by atoms with E-state index in [2.05, 4.69) is 39.4 Å². The summed E-state index contributed by atoms with van der Waals surface area (Å²) in [4.78, 5) is 16.4. The van der Waals surface area contributed by atoms with Gasteiger partial charge in [0, 0.05) is 42.3 Å². The van der Waals surface area contributed by atoms with Gasteiger partial charge in [0.25, 0.3) is 5.91 Å². The van der Waals surface area contributed by atoms with Crippen LogP contribution in [0.2, 0.25) is 0 Å². The second-order valence-electron chi connectivity index (χ2n) is 5.65. The minimum absolute atomic E-state index is 0.177. The third kappa shape index (κ3) is 5.10. The van der Waals surface area contributed by atoms with Crippen LogP contribution in [0.4, 0.5) is 13.2 Å². The SMILES string of the molecule is CC(C)N1CCN(C(=O)c2cc(Br)cc(OC(F)(F)F)c2)CC1. The molecule has 0 N–H and O–H groups in total. The van der Waals surface area contributed by atoms with Crippen molar-refractivity contribution in [3.8, 4) is 5.75 Å². The highest BCUT2D eigenvalue weighted by atomic mass is 79.9. The summed E-state index contributed by atoms with van der Waals surface area (Å²) in [6, 6.07) is 4.21. The Morgan fingerprint density at radius 2 is 1.78 bits per heavy atom. The molecule has 8 heteroatoms. The van der Waals surface area contributed by atoms with Gasteiger partial charge in [-0.1, -0.05) is 15.9 Å². The summed E-state index contributed by atoms with van der Waals surface area (Å²) in [7, 11) is 0. The van der Waals surface area contributed by atoms with Gasteiger partial charge in [0.2, 0.25) is 0 Å². The number of amides is 1. The van der Waals surface area contributed by atoms with E-state index >= 15 is 0 Å². The fourth-order valence-corrected chi connectivity index (χ4v) is 2.97. The van der Waals surface area contributed by atoms with Gasteiger partial charge in [0.15, 0.2) is 0 Å². The predicted molar refractivity (Wildman–Crippen MR) is 83.4 cm³/mol. The van der Waals surface area contributed by atoms with Crippen LogP contribution in [0.3, 0.4) is 0 Å². The van der Waals surface area contributed by atoms with Crippen molar-refractivity contribution in [2.45, 2.75) is 26.3 Å². The highest BCUT2D eigenvalue weighted by Crippen LogP contribution is 2.28. The van der Waals surface area contributed by atoms with Crippen LogP contribution in [0.15, 0.2) is 22.7 Å². The zero-order chi connectivity index (χ0) is 17.2. The molecule has 4 nitrogen and oxygen atoms in total. The first-order chi connectivity index (χ1) is 10.7. The van der Waals surface area contributed by atoms with Gasteiger partial charge >= 0.3 is 6.36 Å². The molecule has 0 aliphatic carbocycles. The number of rotatable bonds is 3. The summed E-state index contributed by atoms with van der Waals surface area (Å²) in [6.45, 7) is 6.80. The average Bonchev–Trinajstić information content (AvgIpc) is 2.44. The van der Waals surface area contributed by atoms with Crippen molar-refractivity contribution in [2.24, 2.45) is 0 Å². The lowest BCUT2D eigenvalue weighted by atomic mass is 10.1. The van der Waals surface area contributed by atoms with Crippen molar-refractivity contribution in [2.75, 3.05) is 26.2 Å². The standard InChI is InChI=1S/C15H18BrF3N2O2/c1-10(2)20-3-5-21(6-4-20)14(22)11-7-12(16)9-13(8-11)23-15(17,18)19/h7-10H,3-6H2,1-2H3. The van der Waals surface area contributed by atoms with Crippen LogP contribution in [0.1, 0.15) is 24.2 Å². The van der Waals surface area contributed by atoms with E-state index < -0.39 is 12.1 Å². The molecular formula is C15H18BrF3N2O2. The van der Waals surface area contributed by atoms with E-state index in [1.54, 1.807) is 4.90 Å². The van der Waals surface area contributed by atoms with Crippen LogP contribution in [0.5, 0.6) is 5.75 Å². The van der Waals surface area contributed by atoms with Crippen LogP contribution in [0, 0.1) is 0 Å². The zero-order valence-corrected chi connectivity index (χ0v) is 14.4. The molecule has 1 aromatic carbocycles. The summed E-state index contributed by atoms with van der Waals surface area (Å²) < 4.78 is 41.3. The first-order valence-corrected chi connectivity index (χ1v) is 8.04. The fraction of sp³-hybridized carbons (Fsp3) is 0.533. The highest BCUT2D eigenvalue weighted by Gasteiger charge is 2.32. The Balaban J connectivity index is 2.11. The van der Waals surface area contributed by atoms with Gasteiger partial charge < -0.3 is 9.64 Å². The molecule has 0 spiro atoms. The Morgan fingerprint density at radius 1 is 1.17 bits per heavy atom. The van der Waals surface area contributed by atoms with Gasteiger partial charge in [0.05, 0.1) is 0 Å². The molecule has 1 aliphatic heterocycles. The summed E-state index contributed by atoms with van der Waals surface area (Å²) in [6.07, 6.45) is -4.79. The molecule has 0 atom stereocenters. The van der Waals surface area contributed by atoms with Gasteiger partial charge in [-0.2, -0.15) is 0 Å². The first-order valence-electron chi connectivity index (χ1n) is 7.25. The van der Waals surface area contributed by atoms with E-state index in [-0.39, 0.29) is 11.5 Å². The Bertz CT molecular complexity index is 570. The number of hydrogen-bond donors (Lipinski definition) is 0. The maximum Gasteiger partial charge on any atom is 0.573 e. The number of halogens is 4. The third-order valence-corrected chi connectivity index (χ3v) is 4.14. The van der Waals surface area contributed by atoms with Crippen molar-refractivity contribution >= 4 is 21.8 Å². The van der Waals surface area contributed by atoms with E-state index in [0.717, 1.165) is 19.2 Å². The van der Waals surface area contributed by atoms with Gasteiger partial charge in [-0.3, -0.25) is 9.69 Å². The average molecular weight is 395 g/mol. The fourth-order valence-electron chi connectivity index (χ4n) is 2.50. The van der Waals surface area contributed by atoms with E-state index in [0.29, 0.717) is 23.6 Å². The molecule has 0 bridgehead atoms. The van der Waals surface area contributed by atoms with Gasteiger partial charge in [-0.05, 0) is 32.0 Å². The van der Waals surface area contributed by atoms with E-state index in [9.17, 15) is 18.0 Å². The Kier molecular flexibility index (Phi) is 5.57. The Labute approximate surface area is 141 Å². The Hall–Kier alpha value is -1.28. The normalized spacial score (nSPS) is 16.7.